The van der Waals surface area contributed by atoms with Crippen LogP contribution in [0.2, 0.25) is 0 Å². The lowest BCUT2D eigenvalue weighted by molar-refractivity contribution is -0.137. The van der Waals surface area contributed by atoms with E-state index in [2.05, 4.69) is 5.10 Å². The van der Waals surface area contributed by atoms with Crippen LogP contribution >= 0.6 is 11.3 Å². The maximum absolute atomic E-state index is 12.2. The van der Waals surface area contributed by atoms with Crippen molar-refractivity contribution in [1.29, 1.82) is 0 Å². The lowest BCUT2D eigenvalue weighted by atomic mass is 10.2. The standard InChI is InChI=1S/C12H15N3O3S/c1-8(2)6-14-11(9-4-3-5-19-9)13-15(12(14)18)7-10(16)17/h3-5,8H,6-7H2,1-2H3,(H,16,17). The van der Waals surface area contributed by atoms with Gasteiger partial charge in [-0.2, -0.15) is 0 Å². The van der Waals surface area contributed by atoms with Crippen LogP contribution in [-0.2, 0) is 17.9 Å². The van der Waals surface area contributed by atoms with E-state index < -0.39 is 12.5 Å². The van der Waals surface area contributed by atoms with E-state index in [9.17, 15) is 9.59 Å². The third kappa shape index (κ3) is 2.93. The summed E-state index contributed by atoms with van der Waals surface area (Å²) in [6.45, 7) is 4.10. The summed E-state index contributed by atoms with van der Waals surface area (Å²) in [4.78, 5) is 23.8. The first-order valence-electron chi connectivity index (χ1n) is 5.92. The summed E-state index contributed by atoms with van der Waals surface area (Å²) in [5.41, 5.74) is -0.375. The van der Waals surface area contributed by atoms with Crippen molar-refractivity contribution in [3.05, 3.63) is 28.0 Å². The maximum atomic E-state index is 12.2. The highest BCUT2D eigenvalue weighted by Crippen LogP contribution is 2.22. The third-order valence-electron chi connectivity index (χ3n) is 2.50. The van der Waals surface area contributed by atoms with Crippen LogP contribution in [0.1, 0.15) is 13.8 Å². The number of carbonyl (C=O) groups is 1. The zero-order valence-electron chi connectivity index (χ0n) is 10.7. The number of carboxylic acid groups (broad SMARTS) is 1. The Labute approximate surface area is 113 Å². The van der Waals surface area contributed by atoms with Crippen LogP contribution in [0, 0.1) is 5.92 Å². The fourth-order valence-electron chi connectivity index (χ4n) is 1.79. The number of rotatable bonds is 5. The van der Waals surface area contributed by atoms with Gasteiger partial charge in [0.2, 0.25) is 0 Å². The van der Waals surface area contributed by atoms with E-state index in [1.165, 1.54) is 11.3 Å². The molecule has 102 valence electrons. The number of aliphatic carboxylic acids is 1. The predicted octanol–water partition coefficient (Wildman–Crippen LogP) is 1.51. The normalized spacial score (nSPS) is 11.1. The van der Waals surface area contributed by atoms with Crippen molar-refractivity contribution in [1.82, 2.24) is 14.3 Å². The molecule has 0 amide bonds. The van der Waals surface area contributed by atoms with Crippen LogP contribution in [0.25, 0.3) is 10.7 Å². The first-order chi connectivity index (χ1) is 8.99. The molecule has 0 aromatic carbocycles. The van der Waals surface area contributed by atoms with Gasteiger partial charge in [-0.1, -0.05) is 19.9 Å². The number of carboxylic acids is 1. The molecule has 0 aliphatic rings. The van der Waals surface area contributed by atoms with Gasteiger partial charge in [-0.3, -0.25) is 9.36 Å². The monoisotopic (exact) mass is 281 g/mol. The molecule has 0 saturated heterocycles. The van der Waals surface area contributed by atoms with Crippen molar-refractivity contribution in [3.8, 4) is 10.7 Å². The van der Waals surface area contributed by atoms with Crippen LogP contribution in [0.5, 0.6) is 0 Å². The molecule has 7 heteroatoms. The van der Waals surface area contributed by atoms with Gasteiger partial charge in [0.15, 0.2) is 5.82 Å². The van der Waals surface area contributed by atoms with E-state index in [-0.39, 0.29) is 11.6 Å². The van der Waals surface area contributed by atoms with Crippen molar-refractivity contribution in [2.75, 3.05) is 0 Å². The van der Waals surface area contributed by atoms with Gasteiger partial charge < -0.3 is 5.11 Å². The van der Waals surface area contributed by atoms with Crippen molar-refractivity contribution in [3.63, 3.8) is 0 Å². The lowest BCUT2D eigenvalue weighted by Crippen LogP contribution is -2.28. The molecule has 1 N–H and O–H groups in total. The predicted molar refractivity (Wildman–Crippen MR) is 72.3 cm³/mol. The van der Waals surface area contributed by atoms with E-state index in [0.29, 0.717) is 12.4 Å². The largest absolute Gasteiger partial charge is 0.480 e. The number of nitrogens with zero attached hydrogens (tertiary/aromatic N) is 3. The Morgan fingerprint density at radius 3 is 2.79 bits per heavy atom. The minimum absolute atomic E-state index is 0.277. The Balaban J connectivity index is 2.51. The SMILES string of the molecule is CC(C)Cn1c(-c2cccs2)nn(CC(=O)O)c1=O. The lowest BCUT2D eigenvalue weighted by Gasteiger charge is -2.06. The molecule has 2 heterocycles. The van der Waals surface area contributed by atoms with Gasteiger partial charge in [0.1, 0.15) is 6.54 Å². The molecule has 0 unspecified atom stereocenters. The zero-order valence-corrected chi connectivity index (χ0v) is 11.6. The molecule has 0 aliphatic carbocycles. The summed E-state index contributed by atoms with van der Waals surface area (Å²) in [6.07, 6.45) is 0. The summed E-state index contributed by atoms with van der Waals surface area (Å²) in [7, 11) is 0. The second-order valence-corrected chi connectivity index (χ2v) is 5.59. The van der Waals surface area contributed by atoms with Crippen LogP contribution in [0.15, 0.2) is 22.3 Å². The van der Waals surface area contributed by atoms with E-state index in [1.807, 2.05) is 31.4 Å². The maximum Gasteiger partial charge on any atom is 0.346 e. The number of aromatic nitrogens is 3. The molecule has 2 rings (SSSR count). The highest BCUT2D eigenvalue weighted by Gasteiger charge is 2.17. The van der Waals surface area contributed by atoms with Gasteiger partial charge in [-0.15, -0.1) is 16.4 Å². The van der Waals surface area contributed by atoms with Gasteiger partial charge in [0, 0.05) is 6.54 Å². The summed E-state index contributed by atoms with van der Waals surface area (Å²) in [5.74, 6) is -0.261. The molecule has 2 aromatic heterocycles. The number of thiophene rings is 1. The van der Waals surface area contributed by atoms with E-state index in [1.54, 1.807) is 4.57 Å². The average Bonchev–Trinajstić information content (AvgIpc) is 2.91. The fourth-order valence-corrected chi connectivity index (χ4v) is 2.51. The highest BCUT2D eigenvalue weighted by molar-refractivity contribution is 7.13. The molecule has 2 aromatic rings. The molecular formula is C12H15N3O3S. The molecule has 0 atom stereocenters. The van der Waals surface area contributed by atoms with Crippen LogP contribution < -0.4 is 5.69 Å². The minimum Gasteiger partial charge on any atom is -0.480 e. The highest BCUT2D eigenvalue weighted by atomic mass is 32.1. The first-order valence-corrected chi connectivity index (χ1v) is 6.80. The third-order valence-corrected chi connectivity index (χ3v) is 3.36. The molecule has 0 aliphatic heterocycles. The molecule has 0 fully saturated rings. The van der Waals surface area contributed by atoms with Gasteiger partial charge in [0.05, 0.1) is 4.88 Å². The molecule has 0 radical (unpaired) electrons. The second kappa shape index (κ2) is 5.40. The van der Waals surface area contributed by atoms with Gasteiger partial charge in [-0.25, -0.2) is 9.48 Å². The Morgan fingerprint density at radius 2 is 2.26 bits per heavy atom. The summed E-state index contributed by atoms with van der Waals surface area (Å²) >= 11 is 1.48. The van der Waals surface area contributed by atoms with Gasteiger partial charge in [0.25, 0.3) is 0 Å². The number of hydrogen-bond donors (Lipinski definition) is 1. The molecule has 0 spiro atoms. The van der Waals surface area contributed by atoms with E-state index in [0.717, 1.165) is 9.56 Å². The number of hydrogen-bond acceptors (Lipinski definition) is 4. The van der Waals surface area contributed by atoms with Gasteiger partial charge in [-0.05, 0) is 17.4 Å². The van der Waals surface area contributed by atoms with Crippen LogP contribution in [-0.4, -0.2) is 25.4 Å². The van der Waals surface area contributed by atoms with Crippen LogP contribution in [0.4, 0.5) is 0 Å². The topological polar surface area (TPSA) is 77.1 Å². The summed E-state index contributed by atoms with van der Waals surface area (Å²) < 4.78 is 2.54. The smallest absolute Gasteiger partial charge is 0.346 e. The van der Waals surface area contributed by atoms with Crippen molar-refractivity contribution in [2.24, 2.45) is 5.92 Å². The second-order valence-electron chi connectivity index (χ2n) is 4.64. The van der Waals surface area contributed by atoms with E-state index in [4.69, 9.17) is 5.11 Å². The molecule has 0 bridgehead atoms. The van der Waals surface area contributed by atoms with Crippen molar-refractivity contribution >= 4 is 17.3 Å². The summed E-state index contributed by atoms with van der Waals surface area (Å²) in [6, 6.07) is 3.74. The van der Waals surface area contributed by atoms with Crippen LogP contribution in [0.3, 0.4) is 0 Å². The Kier molecular flexibility index (Phi) is 3.84. The van der Waals surface area contributed by atoms with Crippen molar-refractivity contribution < 1.29 is 9.90 Å². The summed E-state index contributed by atoms with van der Waals surface area (Å²) in [5, 5.41) is 14.8. The first kappa shape index (κ1) is 13.5. The molecular weight excluding hydrogens is 266 g/mol. The fraction of sp³-hybridized carbons (Fsp3) is 0.417. The van der Waals surface area contributed by atoms with E-state index >= 15 is 0 Å². The van der Waals surface area contributed by atoms with Crippen molar-refractivity contribution in [2.45, 2.75) is 26.9 Å². The average molecular weight is 281 g/mol. The minimum atomic E-state index is -1.07. The Bertz CT molecular complexity index is 625. The zero-order chi connectivity index (χ0) is 14.0. The Hall–Kier alpha value is -1.89. The quantitative estimate of drug-likeness (QED) is 0.901. The molecule has 6 nitrogen and oxygen atoms in total. The van der Waals surface area contributed by atoms with Gasteiger partial charge >= 0.3 is 11.7 Å². The molecule has 19 heavy (non-hydrogen) atoms. The Morgan fingerprint density at radius 1 is 1.53 bits per heavy atom. The molecule has 0 saturated carbocycles.